The van der Waals surface area contributed by atoms with E-state index in [0.29, 0.717) is 6.61 Å². The molecule has 4 heteroatoms. The van der Waals surface area contributed by atoms with E-state index < -0.39 is 0 Å². The highest BCUT2D eigenvalue weighted by Crippen LogP contribution is 2.24. The second-order valence-corrected chi connectivity index (χ2v) is 3.62. The van der Waals surface area contributed by atoms with Gasteiger partial charge in [0.05, 0.1) is 25.1 Å². The molecule has 0 radical (unpaired) electrons. The summed E-state index contributed by atoms with van der Waals surface area (Å²) >= 11 is 0. The Morgan fingerprint density at radius 1 is 1.47 bits per heavy atom. The first-order valence-electron chi connectivity index (χ1n) is 5.63. The minimum absolute atomic E-state index is 0.00194. The molecule has 0 aliphatic rings. The summed E-state index contributed by atoms with van der Waals surface area (Å²) < 4.78 is 10.8. The molecule has 4 nitrogen and oxygen atoms in total. The van der Waals surface area contributed by atoms with E-state index in [1.54, 1.807) is 12.5 Å². The number of ether oxygens (including phenoxy) is 1. The van der Waals surface area contributed by atoms with E-state index >= 15 is 0 Å². The normalized spacial score (nSPS) is 12.4. The van der Waals surface area contributed by atoms with Crippen molar-refractivity contribution in [1.82, 2.24) is 10.3 Å². The first kappa shape index (κ1) is 11.7. The molecule has 0 fully saturated rings. The molecule has 0 saturated carbocycles. The van der Waals surface area contributed by atoms with E-state index in [2.05, 4.69) is 10.3 Å². The number of hydrogen-bond acceptors (Lipinski definition) is 4. The predicted molar refractivity (Wildman–Crippen MR) is 65.0 cm³/mol. The van der Waals surface area contributed by atoms with Crippen LogP contribution in [-0.4, -0.2) is 18.6 Å². The number of furan rings is 1. The third kappa shape index (κ3) is 2.65. The summed E-state index contributed by atoms with van der Waals surface area (Å²) in [5, 5.41) is 3.20. The number of nitrogens with zero attached hydrogens (tertiary/aromatic N) is 1. The molecule has 2 heterocycles. The zero-order valence-electron chi connectivity index (χ0n) is 10.0. The molecule has 0 aromatic carbocycles. The molecule has 2 aromatic rings. The van der Waals surface area contributed by atoms with Gasteiger partial charge in [0.15, 0.2) is 0 Å². The molecule has 0 saturated heterocycles. The summed E-state index contributed by atoms with van der Waals surface area (Å²) in [6, 6.07) is 5.78. The molecule has 0 spiro atoms. The Kier molecular flexibility index (Phi) is 3.77. The van der Waals surface area contributed by atoms with Gasteiger partial charge < -0.3 is 14.5 Å². The lowest BCUT2D eigenvalue weighted by Crippen LogP contribution is -2.17. The van der Waals surface area contributed by atoms with Gasteiger partial charge in [0.2, 0.25) is 0 Å². The Hall–Kier alpha value is -1.81. The summed E-state index contributed by atoms with van der Waals surface area (Å²) in [7, 11) is 1.89. The van der Waals surface area contributed by atoms with Crippen molar-refractivity contribution in [2.75, 3.05) is 13.7 Å². The van der Waals surface area contributed by atoms with E-state index in [-0.39, 0.29) is 6.04 Å². The molecule has 1 N–H and O–H groups in total. The van der Waals surface area contributed by atoms with Gasteiger partial charge in [0, 0.05) is 6.20 Å². The zero-order chi connectivity index (χ0) is 12.1. The Labute approximate surface area is 101 Å². The van der Waals surface area contributed by atoms with Crippen LogP contribution in [0.15, 0.2) is 41.3 Å². The minimum Gasteiger partial charge on any atom is -0.492 e. The standard InChI is InChI=1S/C13H16N2O2/c1-3-16-11-7-10(8-15-9-11)13(14-2)12-5-4-6-17-12/h4-9,13-14H,3H2,1-2H3. The zero-order valence-corrected chi connectivity index (χ0v) is 10.0. The van der Waals surface area contributed by atoms with E-state index in [1.165, 1.54) is 0 Å². The SMILES string of the molecule is CCOc1cncc(C(NC)c2ccco2)c1. The van der Waals surface area contributed by atoms with Crippen LogP contribution >= 0.6 is 0 Å². The number of aromatic nitrogens is 1. The fraction of sp³-hybridized carbons (Fsp3) is 0.308. The van der Waals surface area contributed by atoms with Crippen LogP contribution in [0.25, 0.3) is 0 Å². The smallest absolute Gasteiger partial charge is 0.137 e. The highest BCUT2D eigenvalue weighted by molar-refractivity contribution is 5.30. The van der Waals surface area contributed by atoms with Crippen LogP contribution in [0.4, 0.5) is 0 Å². The van der Waals surface area contributed by atoms with Crippen molar-refractivity contribution in [3.63, 3.8) is 0 Å². The summed E-state index contributed by atoms with van der Waals surface area (Å²) in [6.45, 7) is 2.59. The van der Waals surface area contributed by atoms with Crippen molar-refractivity contribution >= 4 is 0 Å². The highest BCUT2D eigenvalue weighted by atomic mass is 16.5. The quantitative estimate of drug-likeness (QED) is 0.859. The van der Waals surface area contributed by atoms with Crippen molar-refractivity contribution in [2.45, 2.75) is 13.0 Å². The van der Waals surface area contributed by atoms with Crippen LogP contribution in [0.3, 0.4) is 0 Å². The number of rotatable bonds is 5. The average Bonchev–Trinajstić information content (AvgIpc) is 2.85. The Balaban J connectivity index is 2.28. The maximum absolute atomic E-state index is 5.44. The molecule has 1 unspecified atom stereocenters. The summed E-state index contributed by atoms with van der Waals surface area (Å²) in [5.74, 6) is 1.64. The van der Waals surface area contributed by atoms with Gasteiger partial charge in [0.25, 0.3) is 0 Å². The predicted octanol–water partition coefficient (Wildman–Crippen LogP) is 2.38. The van der Waals surface area contributed by atoms with Gasteiger partial charge >= 0.3 is 0 Å². The fourth-order valence-corrected chi connectivity index (χ4v) is 1.77. The van der Waals surface area contributed by atoms with Crippen LogP contribution < -0.4 is 10.1 Å². The van der Waals surface area contributed by atoms with Gasteiger partial charge in [-0.2, -0.15) is 0 Å². The molecule has 90 valence electrons. The van der Waals surface area contributed by atoms with Gasteiger partial charge in [-0.15, -0.1) is 0 Å². The van der Waals surface area contributed by atoms with E-state index in [9.17, 15) is 0 Å². The maximum atomic E-state index is 5.44. The highest BCUT2D eigenvalue weighted by Gasteiger charge is 2.15. The van der Waals surface area contributed by atoms with E-state index in [1.807, 2.05) is 38.4 Å². The fourth-order valence-electron chi connectivity index (χ4n) is 1.77. The minimum atomic E-state index is -0.00194. The second-order valence-electron chi connectivity index (χ2n) is 3.62. The summed E-state index contributed by atoms with van der Waals surface area (Å²) in [6.07, 6.45) is 5.19. The van der Waals surface area contributed by atoms with Gasteiger partial charge in [-0.1, -0.05) is 0 Å². The van der Waals surface area contributed by atoms with Gasteiger partial charge in [-0.3, -0.25) is 4.98 Å². The van der Waals surface area contributed by atoms with Crippen molar-refractivity contribution in [1.29, 1.82) is 0 Å². The first-order valence-corrected chi connectivity index (χ1v) is 5.63. The van der Waals surface area contributed by atoms with Crippen LogP contribution in [-0.2, 0) is 0 Å². The number of nitrogens with one attached hydrogen (secondary N) is 1. The lowest BCUT2D eigenvalue weighted by Gasteiger charge is -2.14. The van der Waals surface area contributed by atoms with Crippen molar-refractivity contribution in [2.24, 2.45) is 0 Å². The maximum Gasteiger partial charge on any atom is 0.137 e. The molecule has 17 heavy (non-hydrogen) atoms. The number of hydrogen-bond donors (Lipinski definition) is 1. The molecule has 0 bridgehead atoms. The second kappa shape index (κ2) is 5.50. The van der Waals surface area contributed by atoms with Crippen molar-refractivity contribution in [3.05, 3.63) is 48.2 Å². The molecule has 0 aliphatic carbocycles. The summed E-state index contributed by atoms with van der Waals surface area (Å²) in [5.41, 5.74) is 1.02. The topological polar surface area (TPSA) is 47.3 Å². The van der Waals surface area contributed by atoms with Gasteiger partial charge in [0.1, 0.15) is 11.5 Å². The third-order valence-corrected chi connectivity index (χ3v) is 2.50. The number of pyridine rings is 1. The van der Waals surface area contributed by atoms with Gasteiger partial charge in [-0.05, 0) is 37.7 Å². The lowest BCUT2D eigenvalue weighted by molar-refractivity contribution is 0.338. The molecule has 0 aliphatic heterocycles. The van der Waals surface area contributed by atoms with Crippen LogP contribution in [0, 0.1) is 0 Å². The van der Waals surface area contributed by atoms with Gasteiger partial charge in [-0.25, -0.2) is 0 Å². The summed E-state index contributed by atoms with van der Waals surface area (Å²) in [4.78, 5) is 4.18. The molecule has 0 amide bonds. The molecule has 2 aromatic heterocycles. The van der Waals surface area contributed by atoms with Crippen LogP contribution in [0.2, 0.25) is 0 Å². The van der Waals surface area contributed by atoms with Crippen LogP contribution in [0.1, 0.15) is 24.3 Å². The first-order chi connectivity index (χ1) is 8.35. The monoisotopic (exact) mass is 232 g/mol. The largest absolute Gasteiger partial charge is 0.492 e. The Bertz CT molecular complexity index is 454. The van der Waals surface area contributed by atoms with Crippen molar-refractivity contribution in [3.8, 4) is 5.75 Å². The Morgan fingerprint density at radius 3 is 3.00 bits per heavy atom. The molecular formula is C13H16N2O2. The molecule has 2 rings (SSSR count). The van der Waals surface area contributed by atoms with E-state index in [4.69, 9.17) is 9.15 Å². The average molecular weight is 232 g/mol. The van der Waals surface area contributed by atoms with Crippen molar-refractivity contribution < 1.29 is 9.15 Å². The third-order valence-electron chi connectivity index (χ3n) is 2.50. The van der Waals surface area contributed by atoms with Crippen LogP contribution in [0.5, 0.6) is 5.75 Å². The molecule has 1 atom stereocenters. The Morgan fingerprint density at radius 2 is 2.35 bits per heavy atom. The lowest BCUT2D eigenvalue weighted by atomic mass is 10.1. The van der Waals surface area contributed by atoms with E-state index in [0.717, 1.165) is 17.1 Å². The molecular weight excluding hydrogens is 216 g/mol.